The Hall–Kier alpha value is -14.2. The maximum Gasteiger partial charge on any atom is 0.303 e. The van der Waals surface area contributed by atoms with Crippen molar-refractivity contribution in [1.82, 2.24) is 81.1 Å². The lowest BCUT2D eigenvalue weighted by molar-refractivity contribution is -0.137. The number of Topliss-reactive ketones (excluding diaryl/α,β-unsaturated/α-hetero) is 1. The van der Waals surface area contributed by atoms with Gasteiger partial charge >= 0.3 is 5.97 Å². The zero-order valence-electron chi connectivity index (χ0n) is 89.0. The van der Waals surface area contributed by atoms with Gasteiger partial charge in [0.25, 0.3) is 0 Å². The second-order valence-electron chi connectivity index (χ2n) is 38.6. The van der Waals surface area contributed by atoms with E-state index < -0.39 is 5.97 Å². The van der Waals surface area contributed by atoms with Gasteiger partial charge in [-0.3, -0.25) is 24.0 Å². The van der Waals surface area contributed by atoms with Crippen LogP contribution in [0.5, 0.6) is 0 Å². The smallest absolute Gasteiger partial charge is 0.303 e. The number of nitrogens with one attached hydrogen (secondary N) is 10. The van der Waals surface area contributed by atoms with Crippen LogP contribution in [-0.4, -0.2) is 196 Å². The summed E-state index contributed by atoms with van der Waals surface area (Å²) in [4.78, 5) is 128. The third-order valence-electron chi connectivity index (χ3n) is 28.8. The van der Waals surface area contributed by atoms with Crippen LogP contribution in [0.2, 0.25) is 0 Å². The van der Waals surface area contributed by atoms with Crippen molar-refractivity contribution in [3.8, 4) is 0 Å². The monoisotopic (exact) mass is 2060 g/mol. The summed E-state index contributed by atoms with van der Waals surface area (Å²) in [7, 11) is 0. The van der Waals surface area contributed by atoms with Crippen LogP contribution in [0.3, 0.4) is 0 Å². The lowest BCUT2D eigenvalue weighted by Crippen LogP contribution is -2.25. The van der Waals surface area contributed by atoms with Crippen molar-refractivity contribution in [2.24, 2.45) is 0 Å². The highest BCUT2D eigenvalue weighted by Gasteiger charge is 2.30. The molecule has 0 atom stereocenters. The number of ketones is 1. The van der Waals surface area contributed by atoms with Gasteiger partial charge in [-0.25, -0.2) is 29.9 Å². The molecule has 0 aliphatic carbocycles. The summed E-state index contributed by atoms with van der Waals surface area (Å²) in [6.07, 6.45) is 20.5. The number of amides is 4. The van der Waals surface area contributed by atoms with Gasteiger partial charge in [-0.2, -0.15) is 23.5 Å². The van der Waals surface area contributed by atoms with E-state index in [0.29, 0.717) is 120 Å². The Bertz CT molecular complexity index is 7590. The average molecular weight is 2060 g/mol. The highest BCUT2D eigenvalue weighted by Crippen LogP contribution is 2.44. The molecule has 6 aliphatic heterocycles. The Morgan fingerprint density at radius 2 is 0.480 bits per heavy atom. The third kappa shape index (κ3) is 27.0. The molecule has 24 bridgehead atoms. The average Bonchev–Trinajstić information content (AvgIpc) is 1.62. The quantitative estimate of drug-likeness (QED) is 0.0158. The first-order valence-corrected chi connectivity index (χ1v) is 54.1. The molecule has 15 heterocycles. The SMILES string of the molecule is C=Cc1c(C)c2cc3[nH]c(cc4nc(cc5nc(cc1[nH]2)C(C)=C5CCC(=O)NCCCCCO)C(CCC(=O)NCCSCCO)=C4C)c(C)c3C=C.C=Cc1c(C)c2cc3[nH]c(cc4nc(cc5nc(cc1[nH]2)C(C)=C5CCC(=O)NCCCCCO)C(CCC(=O)O)=C4C)c(C)c3C=C.C=Cc1c(C)c2cc3[nH]c(cc4nc(cc5nc(cc1[nH]2)C(C)=C5CCC(C)=O)C(CCC(=O)NCCSCCO)=C4C)c(C)c3C=C. The zero-order valence-corrected chi connectivity index (χ0v) is 90.7. The van der Waals surface area contributed by atoms with Crippen LogP contribution in [0.1, 0.15) is 299 Å². The third-order valence-corrected chi connectivity index (χ3v) is 30.7. The summed E-state index contributed by atoms with van der Waals surface area (Å²) in [6, 6.07) is 24.6. The van der Waals surface area contributed by atoms with Crippen LogP contribution >= 0.6 is 23.5 Å². The summed E-state index contributed by atoms with van der Waals surface area (Å²) < 4.78 is 0. The van der Waals surface area contributed by atoms with Crippen LogP contribution in [0.15, 0.2) is 112 Å². The number of aliphatic hydroxyl groups excluding tert-OH is 4. The number of fused-ring (bicyclic) bond motifs is 24. The van der Waals surface area contributed by atoms with Gasteiger partial charge in [-0.1, -0.05) is 75.9 Å². The number of unbranched alkanes of at least 4 members (excludes halogenated alkanes) is 4. The van der Waals surface area contributed by atoms with Crippen molar-refractivity contribution in [2.45, 2.75) is 206 Å². The molecule has 9 aromatic heterocycles. The number of hydrogen-bond acceptors (Lipinski definition) is 18. The van der Waals surface area contributed by atoms with Gasteiger partial charge in [-0.15, -0.1) is 0 Å². The number of carbonyl (C=O) groups excluding carboxylic acids is 5. The molecule has 0 fully saturated rings. The number of aliphatic carboxylic acids is 1. The molecule has 15 N–H and O–H groups in total. The Kier molecular flexibility index (Phi) is 39.8. The van der Waals surface area contributed by atoms with Crippen molar-refractivity contribution >= 4 is 228 Å². The molecule has 4 amide bonds. The van der Waals surface area contributed by atoms with E-state index in [4.69, 9.17) is 50.3 Å². The standard InChI is InChI=1S/C43H54N6O4S.C39H45N5O4.C39H45N5O3S/c1-7-30-26(3)34-22-35-28(5)32(13-15-43(53)45-17-20-54-21-19-51)40(48-35)25-41-33(12-14-42(52)44-16-10-9-11-18-50)29(6)37(49-41)24-39-31(8-2)27(4)36(47-39)23-38(30)46-34;1-7-26-22(3)30-18-31-25(6)29(13-15-39(47)48)37(43-31)21-36-28(12-14-38(46)40-16-10-9-11-17-45)24(5)33(44-36)20-35-27(8-2)23(4)32(42-35)19-34(26)41-30;1-8-27-23(4)31-18-32-26(7)30(12-13-39(47)40-14-16-48-17-15-45)38(43-32)21-37-29(11-10-22(3)46)25(6)34(44-37)20-36-28(9-2)24(5)33(42-36)19-35(27)41-31/h7-8,22-25,46-47,50-51H,1-2,9-21H2,3-6H3,(H,44,52)(H,45,53);7-8,18-21,41-42,45H,1-2,9-17H2,3-6H3,(H,40,46)(H,47,48);8-9,18-21,41-42,45H,1-2,10-17H2,3-7H3,(H,40,47). The predicted octanol–water partition coefficient (Wildman–Crippen LogP) is 23.8. The number of aromatic nitrogens is 12. The first-order chi connectivity index (χ1) is 72.2. The normalized spacial score (nSPS) is 12.8. The summed E-state index contributed by atoms with van der Waals surface area (Å²) in [5.74, 6) is 1.93. The van der Waals surface area contributed by atoms with Crippen LogP contribution in [0, 0.1) is 41.5 Å². The number of carbonyl (C=O) groups is 6. The van der Waals surface area contributed by atoms with Crippen molar-refractivity contribution < 1.29 is 54.3 Å². The molecule has 9 aromatic rings. The predicted molar refractivity (Wildman–Crippen MR) is 623 cm³/mol. The van der Waals surface area contributed by atoms with Crippen molar-refractivity contribution in [3.05, 3.63) is 247 Å². The van der Waals surface area contributed by atoms with Gasteiger partial charge in [0.05, 0.1) is 81.5 Å². The van der Waals surface area contributed by atoms with Crippen LogP contribution in [-0.2, 0) is 28.8 Å². The van der Waals surface area contributed by atoms with Gasteiger partial charge in [0.1, 0.15) is 5.78 Å². The minimum atomic E-state index is -0.873. The van der Waals surface area contributed by atoms with E-state index in [1.807, 2.05) is 87.6 Å². The molecule has 0 unspecified atom stereocenters. The Morgan fingerprint density at radius 1 is 0.267 bits per heavy atom. The van der Waals surface area contributed by atoms with E-state index in [-0.39, 0.29) is 62.3 Å². The van der Waals surface area contributed by atoms with Crippen molar-refractivity contribution in [1.29, 1.82) is 0 Å². The van der Waals surface area contributed by atoms with E-state index in [1.54, 1.807) is 30.4 Å². The molecular formula is C121H144N16O11S2. The number of allylic oxidation sites excluding steroid dienone is 12. The van der Waals surface area contributed by atoms with Crippen LogP contribution < -0.4 is 21.3 Å². The summed E-state index contributed by atoms with van der Waals surface area (Å²) in [6.45, 7) is 53.7. The highest BCUT2D eigenvalue weighted by molar-refractivity contribution is 7.99. The number of carboxylic acids is 1. The van der Waals surface area contributed by atoms with Crippen LogP contribution in [0.25, 0.3) is 170 Å². The Morgan fingerprint density at radius 3 is 0.700 bits per heavy atom. The number of aryl methyl sites for hydroxylation is 6. The minimum Gasteiger partial charge on any atom is -0.481 e. The van der Waals surface area contributed by atoms with E-state index in [9.17, 15) is 33.9 Å². The highest BCUT2D eigenvalue weighted by atomic mass is 32.2. The molecular weight excluding hydrogens is 1920 g/mol. The first kappa shape index (κ1) is 113. The number of carboxylic acid groups (broad SMARTS) is 1. The Balaban J connectivity index is 0.000000188. The molecule has 0 saturated heterocycles. The van der Waals surface area contributed by atoms with E-state index >= 15 is 0 Å². The summed E-state index contributed by atoms with van der Waals surface area (Å²) in [5, 5.41) is 57.7. The topological polar surface area (TPSA) is 424 Å². The molecule has 0 radical (unpaired) electrons. The molecule has 29 heteroatoms. The maximum atomic E-state index is 13.0. The van der Waals surface area contributed by atoms with Gasteiger partial charge in [0.2, 0.25) is 23.6 Å². The molecule has 15 rings (SSSR count). The fourth-order valence-electron chi connectivity index (χ4n) is 19.9. The van der Waals surface area contributed by atoms with Gasteiger partial charge in [0.15, 0.2) is 0 Å². The number of nitrogens with zero attached hydrogens (tertiary/aromatic N) is 6. The van der Waals surface area contributed by atoms with Gasteiger partial charge in [-0.05, 0) is 340 Å². The molecule has 786 valence electrons. The fraction of sp³-hybridized carbons (Fsp3) is 0.355. The molecule has 6 aliphatic rings. The van der Waals surface area contributed by atoms with E-state index in [2.05, 4.69) is 195 Å². The second kappa shape index (κ2) is 52.8. The number of H-pyrrole nitrogens is 6. The number of aliphatic hydroxyl groups is 4. The lowest BCUT2D eigenvalue weighted by atomic mass is 9.97. The summed E-state index contributed by atoms with van der Waals surface area (Å²) >= 11 is 3.21. The first-order valence-electron chi connectivity index (χ1n) is 51.8. The number of thioether (sulfide) groups is 2. The van der Waals surface area contributed by atoms with E-state index in [0.717, 1.165) is 307 Å². The Labute approximate surface area is 886 Å². The number of rotatable bonds is 44. The number of hydrogen-bond donors (Lipinski definition) is 15. The van der Waals surface area contributed by atoms with Crippen molar-refractivity contribution in [2.75, 3.05) is 75.6 Å². The zero-order chi connectivity index (χ0) is 108. The molecule has 0 saturated carbocycles. The molecule has 27 nitrogen and oxygen atoms in total. The lowest BCUT2D eigenvalue weighted by Gasteiger charge is -2.08. The molecule has 0 aromatic carbocycles. The largest absolute Gasteiger partial charge is 0.481 e. The molecule has 0 spiro atoms. The molecule has 150 heavy (non-hydrogen) atoms. The fourth-order valence-corrected chi connectivity index (χ4v) is 21.0. The van der Waals surface area contributed by atoms with Crippen molar-refractivity contribution in [3.63, 3.8) is 0 Å². The summed E-state index contributed by atoms with van der Waals surface area (Å²) in [5.41, 5.74) is 44.3. The number of aromatic amines is 6. The second-order valence-corrected chi connectivity index (χ2v) is 41.0. The van der Waals surface area contributed by atoms with E-state index in [1.165, 1.54) is 0 Å². The van der Waals surface area contributed by atoms with Gasteiger partial charge in [0, 0.05) is 201 Å². The van der Waals surface area contributed by atoms with Crippen LogP contribution in [0.4, 0.5) is 0 Å². The maximum absolute atomic E-state index is 13.0. The minimum absolute atomic E-state index is 0.0224. The van der Waals surface area contributed by atoms with Gasteiger partial charge < -0.3 is 81.5 Å².